The van der Waals surface area contributed by atoms with E-state index in [1.165, 1.54) is 0 Å². The summed E-state index contributed by atoms with van der Waals surface area (Å²) in [5.74, 6) is 1.63. The Morgan fingerprint density at radius 2 is 1.41 bits per heavy atom. The van der Waals surface area contributed by atoms with Crippen LogP contribution in [0.25, 0.3) is 0 Å². The Balaban J connectivity index is 1.72. The zero-order chi connectivity index (χ0) is 11.8. The molecule has 0 N–H and O–H groups in total. The van der Waals surface area contributed by atoms with Gasteiger partial charge >= 0.3 is 0 Å². The van der Waals surface area contributed by atoms with E-state index in [2.05, 4.69) is 4.52 Å². The lowest BCUT2D eigenvalue weighted by Crippen LogP contribution is -1.74. The van der Waals surface area contributed by atoms with Gasteiger partial charge in [0.05, 0.1) is 0 Å². The first-order valence-corrected chi connectivity index (χ1v) is 6.66. The van der Waals surface area contributed by atoms with Gasteiger partial charge in [-0.1, -0.05) is 36.4 Å². The maximum absolute atomic E-state index is 5.42. The molecule has 0 amide bonds. The molecule has 3 nitrogen and oxygen atoms in total. The minimum atomic E-state index is 0.0490. The van der Waals surface area contributed by atoms with Crippen molar-refractivity contribution in [1.29, 1.82) is 0 Å². The van der Waals surface area contributed by atoms with Crippen LogP contribution in [0.5, 0.6) is 11.5 Å². The van der Waals surface area contributed by atoms with E-state index in [0.717, 1.165) is 11.5 Å². The second kappa shape index (κ2) is 7.01. The van der Waals surface area contributed by atoms with Gasteiger partial charge in [-0.05, 0) is 24.3 Å². The van der Waals surface area contributed by atoms with Crippen molar-refractivity contribution in [3.8, 4) is 11.5 Å². The molecule has 0 radical (unpaired) electrons. The SMILES string of the molecule is c1ccc(OP=NPOc2ccccc2)cc1. The average molecular weight is 263 g/mol. The lowest BCUT2D eigenvalue weighted by Gasteiger charge is -1.99. The second-order valence-electron chi connectivity index (χ2n) is 3.09. The van der Waals surface area contributed by atoms with Gasteiger partial charge in [0.2, 0.25) is 17.6 Å². The van der Waals surface area contributed by atoms with Crippen molar-refractivity contribution in [1.82, 2.24) is 0 Å². The van der Waals surface area contributed by atoms with E-state index in [1.54, 1.807) is 0 Å². The highest BCUT2D eigenvalue weighted by Gasteiger charge is 1.90. The first-order chi connectivity index (χ1) is 8.45. The summed E-state index contributed by atoms with van der Waals surface area (Å²) in [6.45, 7) is 0. The number of benzene rings is 2. The molecule has 0 bridgehead atoms. The summed E-state index contributed by atoms with van der Waals surface area (Å²) < 4.78 is 14.9. The van der Waals surface area contributed by atoms with Crippen LogP contribution >= 0.6 is 17.6 Å². The van der Waals surface area contributed by atoms with E-state index < -0.39 is 0 Å². The number of hydrogen-bond acceptors (Lipinski definition) is 3. The highest BCUT2D eigenvalue weighted by molar-refractivity contribution is 7.39. The van der Waals surface area contributed by atoms with Gasteiger partial charge in [0, 0.05) is 0 Å². The minimum absolute atomic E-state index is 0.0490. The maximum atomic E-state index is 5.42. The van der Waals surface area contributed by atoms with Crippen molar-refractivity contribution >= 4 is 17.6 Å². The van der Waals surface area contributed by atoms with Crippen LogP contribution < -0.4 is 9.05 Å². The summed E-state index contributed by atoms with van der Waals surface area (Å²) >= 11 is 0. The van der Waals surface area contributed by atoms with Crippen molar-refractivity contribution in [2.45, 2.75) is 0 Å². The molecule has 0 fully saturated rings. The van der Waals surface area contributed by atoms with Gasteiger partial charge in [-0.2, -0.15) is 4.52 Å². The summed E-state index contributed by atoms with van der Waals surface area (Å²) in [4.78, 5) is 0. The summed E-state index contributed by atoms with van der Waals surface area (Å²) in [6, 6.07) is 19.2. The summed E-state index contributed by atoms with van der Waals surface area (Å²) in [6.07, 6.45) is 0. The molecule has 0 aliphatic rings. The van der Waals surface area contributed by atoms with Crippen molar-refractivity contribution < 1.29 is 9.05 Å². The molecule has 1 atom stereocenters. The van der Waals surface area contributed by atoms with E-state index in [0.29, 0.717) is 8.60 Å². The molecule has 0 aromatic heterocycles. The maximum Gasteiger partial charge on any atom is 0.249 e. The predicted molar refractivity (Wildman–Crippen MR) is 71.8 cm³/mol. The van der Waals surface area contributed by atoms with Crippen molar-refractivity contribution in [2.75, 3.05) is 0 Å². The second-order valence-corrected chi connectivity index (χ2v) is 4.62. The van der Waals surface area contributed by atoms with Gasteiger partial charge < -0.3 is 9.05 Å². The third kappa shape index (κ3) is 4.52. The van der Waals surface area contributed by atoms with E-state index >= 15 is 0 Å². The Hall–Kier alpha value is -1.43. The first kappa shape index (κ1) is 12.0. The Labute approximate surface area is 104 Å². The zero-order valence-corrected chi connectivity index (χ0v) is 10.9. The quantitative estimate of drug-likeness (QED) is 0.732. The highest BCUT2D eigenvalue weighted by atomic mass is 31.1. The summed E-state index contributed by atoms with van der Waals surface area (Å²) in [7, 11) is 0.605. The number of para-hydroxylation sites is 2. The molecule has 2 rings (SSSR count). The Kier molecular flexibility index (Phi) is 4.96. The molecule has 86 valence electrons. The fourth-order valence-electron chi connectivity index (χ4n) is 1.13. The van der Waals surface area contributed by atoms with Crippen molar-refractivity contribution in [3.05, 3.63) is 60.7 Å². The van der Waals surface area contributed by atoms with Gasteiger partial charge in [-0.25, -0.2) is 0 Å². The number of rotatable bonds is 5. The molecule has 0 heterocycles. The van der Waals surface area contributed by atoms with Gasteiger partial charge in [0.1, 0.15) is 11.5 Å². The summed E-state index contributed by atoms with van der Waals surface area (Å²) in [5.41, 5.74) is 0. The lowest BCUT2D eigenvalue weighted by molar-refractivity contribution is 0.626. The fourth-order valence-corrected chi connectivity index (χ4v) is 2.04. The van der Waals surface area contributed by atoms with E-state index in [1.807, 2.05) is 60.7 Å². The Bertz CT molecular complexity index is 462. The molecular formula is C12H11NO2P2. The molecule has 0 saturated carbocycles. The highest BCUT2D eigenvalue weighted by Crippen LogP contribution is 2.25. The smallest absolute Gasteiger partial charge is 0.249 e. The molecule has 17 heavy (non-hydrogen) atoms. The van der Waals surface area contributed by atoms with Crippen LogP contribution in [0.1, 0.15) is 0 Å². The van der Waals surface area contributed by atoms with Gasteiger partial charge in [0.25, 0.3) is 0 Å². The summed E-state index contributed by atoms with van der Waals surface area (Å²) in [5, 5.41) is 0. The van der Waals surface area contributed by atoms with E-state index in [4.69, 9.17) is 9.05 Å². The molecule has 2 aromatic rings. The molecule has 5 heteroatoms. The molecule has 0 spiro atoms. The molecule has 0 saturated heterocycles. The fraction of sp³-hybridized carbons (Fsp3) is 0. The molecular weight excluding hydrogens is 252 g/mol. The third-order valence-corrected chi connectivity index (χ3v) is 3.15. The van der Waals surface area contributed by atoms with Crippen LogP contribution in [0.4, 0.5) is 0 Å². The van der Waals surface area contributed by atoms with Crippen molar-refractivity contribution in [2.24, 2.45) is 4.52 Å². The number of nitrogens with zero attached hydrogens (tertiary/aromatic N) is 1. The molecule has 1 unspecified atom stereocenters. The largest absolute Gasteiger partial charge is 0.454 e. The lowest BCUT2D eigenvalue weighted by atomic mass is 10.3. The van der Waals surface area contributed by atoms with Crippen molar-refractivity contribution in [3.63, 3.8) is 0 Å². The number of hydrogen-bond donors (Lipinski definition) is 0. The van der Waals surface area contributed by atoms with E-state index in [9.17, 15) is 0 Å². The third-order valence-electron chi connectivity index (χ3n) is 1.88. The van der Waals surface area contributed by atoms with Crippen LogP contribution in [0, 0.1) is 0 Å². The predicted octanol–water partition coefficient (Wildman–Crippen LogP) is 4.70. The van der Waals surface area contributed by atoms with Crippen LogP contribution in [-0.2, 0) is 0 Å². The van der Waals surface area contributed by atoms with Gasteiger partial charge in [-0.15, -0.1) is 0 Å². The van der Waals surface area contributed by atoms with Gasteiger partial charge in [0.15, 0.2) is 0 Å². The van der Waals surface area contributed by atoms with E-state index in [-0.39, 0.29) is 8.96 Å². The van der Waals surface area contributed by atoms with Gasteiger partial charge in [-0.3, -0.25) is 0 Å². The topological polar surface area (TPSA) is 30.8 Å². The molecule has 0 aliphatic carbocycles. The van der Waals surface area contributed by atoms with Crippen LogP contribution in [0.15, 0.2) is 65.2 Å². The van der Waals surface area contributed by atoms with Crippen LogP contribution in [0.2, 0.25) is 0 Å². The standard InChI is InChI=1S/C12H11NO2P2/c1-3-7-11(8-4-1)14-16-13-17-15-12-9-5-2-6-10-12/h1-10,16H. The monoisotopic (exact) mass is 263 g/mol. The minimum Gasteiger partial charge on any atom is -0.454 e. The Morgan fingerprint density at radius 3 is 2.06 bits per heavy atom. The molecule has 0 aliphatic heterocycles. The molecule has 2 aromatic carbocycles. The van der Waals surface area contributed by atoms with Crippen LogP contribution in [-0.4, -0.2) is 0 Å². The Morgan fingerprint density at radius 1 is 0.824 bits per heavy atom. The first-order valence-electron chi connectivity index (χ1n) is 5.04. The zero-order valence-electron chi connectivity index (χ0n) is 8.98. The normalized spacial score (nSPS) is 11.1. The average Bonchev–Trinajstić information content (AvgIpc) is 2.41. The van der Waals surface area contributed by atoms with Crippen LogP contribution in [0.3, 0.4) is 0 Å².